The Bertz CT molecular complexity index is 543. The van der Waals surface area contributed by atoms with Gasteiger partial charge in [0.1, 0.15) is 10.0 Å². The van der Waals surface area contributed by atoms with Crippen LogP contribution < -0.4 is 18.9 Å². The van der Waals surface area contributed by atoms with Gasteiger partial charge in [-0.2, -0.15) is 0 Å². The van der Waals surface area contributed by atoms with Gasteiger partial charge in [0, 0.05) is 0 Å². The van der Waals surface area contributed by atoms with Gasteiger partial charge in [0.15, 0.2) is 0 Å². The second-order valence-corrected chi connectivity index (χ2v) is 6.89. The predicted octanol–water partition coefficient (Wildman–Crippen LogP) is 0.483. The van der Waals surface area contributed by atoms with Crippen molar-refractivity contribution in [2.24, 2.45) is 10.5 Å². The van der Waals surface area contributed by atoms with Crippen molar-refractivity contribution in [3.8, 4) is 0 Å². The van der Waals surface area contributed by atoms with E-state index in [0.29, 0.717) is 5.71 Å². The van der Waals surface area contributed by atoms with Crippen LogP contribution >= 0.6 is 0 Å². The zero-order valence-corrected chi connectivity index (χ0v) is 13.2. The number of benzene rings is 1. The van der Waals surface area contributed by atoms with Gasteiger partial charge in [0.2, 0.25) is 0 Å². The molecule has 0 bridgehead atoms. The van der Waals surface area contributed by atoms with E-state index in [1.54, 1.807) is 19.1 Å². The molecular formula is C13H19LiN2O2S. The van der Waals surface area contributed by atoms with E-state index < -0.39 is 10.0 Å². The molecular weight excluding hydrogens is 255 g/mol. The molecule has 0 heterocycles. The molecule has 0 amide bonds. The maximum Gasteiger partial charge on any atom is 1.00 e. The van der Waals surface area contributed by atoms with E-state index in [2.05, 4.69) is 9.93 Å². The fourth-order valence-corrected chi connectivity index (χ4v) is 1.83. The summed E-state index contributed by atoms with van der Waals surface area (Å²) in [6.07, 6.45) is 0. The topological polar surface area (TPSA) is 60.6 Å². The molecule has 1 rings (SSSR count). The van der Waals surface area contributed by atoms with Crippen LogP contribution in [-0.4, -0.2) is 14.1 Å². The number of nitrogens with zero attached hydrogens (tertiary/aromatic N) is 2. The van der Waals surface area contributed by atoms with Gasteiger partial charge in [-0.25, -0.2) is 8.42 Å². The van der Waals surface area contributed by atoms with E-state index in [0.717, 1.165) is 5.56 Å². The second-order valence-electron chi connectivity index (χ2n) is 5.31. The third kappa shape index (κ3) is 5.39. The quantitative estimate of drug-likeness (QED) is 0.457. The van der Waals surface area contributed by atoms with Crippen LogP contribution in [0.3, 0.4) is 0 Å². The van der Waals surface area contributed by atoms with Crippen LogP contribution in [0.1, 0.15) is 33.3 Å². The fraction of sp³-hybridized carbons (Fsp3) is 0.462. The minimum Gasteiger partial charge on any atom is -0.491 e. The number of rotatable bonds is 3. The van der Waals surface area contributed by atoms with Crippen molar-refractivity contribution in [2.75, 3.05) is 0 Å². The third-order valence-electron chi connectivity index (χ3n) is 2.70. The van der Waals surface area contributed by atoms with Crippen LogP contribution in [0, 0.1) is 12.3 Å². The molecule has 1 aromatic rings. The molecule has 0 unspecified atom stereocenters. The van der Waals surface area contributed by atoms with E-state index in [1.807, 2.05) is 27.7 Å². The average Bonchev–Trinajstić information content (AvgIpc) is 2.25. The zero-order valence-electron chi connectivity index (χ0n) is 12.4. The van der Waals surface area contributed by atoms with Gasteiger partial charge in [-0.05, 0) is 37.1 Å². The van der Waals surface area contributed by atoms with Crippen molar-refractivity contribution in [1.82, 2.24) is 0 Å². The Balaban J connectivity index is 0.00000324. The van der Waals surface area contributed by atoms with E-state index in [-0.39, 0.29) is 29.2 Å². The minimum atomic E-state index is -3.69. The molecule has 100 valence electrons. The maximum absolute atomic E-state index is 11.9. The van der Waals surface area contributed by atoms with Crippen molar-refractivity contribution in [2.45, 2.75) is 39.5 Å². The van der Waals surface area contributed by atoms with E-state index in [4.69, 9.17) is 0 Å². The summed E-state index contributed by atoms with van der Waals surface area (Å²) in [6, 6.07) is 6.55. The Morgan fingerprint density at radius 1 is 1.16 bits per heavy atom. The molecule has 6 heteroatoms. The summed E-state index contributed by atoms with van der Waals surface area (Å²) in [5, 5.41) is 3.82. The molecule has 19 heavy (non-hydrogen) atoms. The van der Waals surface area contributed by atoms with Crippen LogP contribution in [0.15, 0.2) is 34.3 Å². The smallest absolute Gasteiger partial charge is 0.491 e. The Hall–Kier alpha value is -0.763. The largest absolute Gasteiger partial charge is 1.00 e. The maximum atomic E-state index is 11.9. The van der Waals surface area contributed by atoms with Crippen LogP contribution in [0.4, 0.5) is 0 Å². The first kappa shape index (κ1) is 18.2. The van der Waals surface area contributed by atoms with Gasteiger partial charge in [-0.3, -0.25) is 0 Å². The Kier molecular flexibility index (Phi) is 6.34. The molecule has 0 N–H and O–H groups in total. The monoisotopic (exact) mass is 274 g/mol. The minimum absolute atomic E-state index is 0. The van der Waals surface area contributed by atoms with Gasteiger partial charge < -0.3 is 9.93 Å². The van der Waals surface area contributed by atoms with Crippen LogP contribution in [-0.2, 0) is 10.0 Å². The average molecular weight is 274 g/mol. The van der Waals surface area contributed by atoms with Gasteiger partial charge in [0.25, 0.3) is 0 Å². The molecule has 0 aromatic heterocycles. The fourth-order valence-electron chi connectivity index (χ4n) is 1.02. The zero-order chi connectivity index (χ0) is 14.0. The molecule has 1 aromatic carbocycles. The van der Waals surface area contributed by atoms with Gasteiger partial charge in [-0.15, -0.1) is 0 Å². The molecule has 0 aliphatic rings. The molecule has 0 aliphatic carbocycles. The van der Waals surface area contributed by atoms with E-state index in [1.165, 1.54) is 12.1 Å². The van der Waals surface area contributed by atoms with Gasteiger partial charge in [-0.1, -0.05) is 38.5 Å². The first-order valence-corrected chi connectivity index (χ1v) is 7.16. The normalized spacial score (nSPS) is 12.8. The molecule has 0 aliphatic heterocycles. The molecule has 4 nitrogen and oxygen atoms in total. The molecule has 0 saturated carbocycles. The van der Waals surface area contributed by atoms with Crippen molar-refractivity contribution < 1.29 is 27.3 Å². The second kappa shape index (κ2) is 6.60. The van der Waals surface area contributed by atoms with Crippen molar-refractivity contribution >= 4 is 15.7 Å². The van der Waals surface area contributed by atoms with Crippen molar-refractivity contribution in [3.05, 3.63) is 34.7 Å². The summed E-state index contributed by atoms with van der Waals surface area (Å²) >= 11 is 0. The van der Waals surface area contributed by atoms with Crippen LogP contribution in [0.2, 0.25) is 0 Å². The van der Waals surface area contributed by atoms with E-state index >= 15 is 0 Å². The summed E-state index contributed by atoms with van der Waals surface area (Å²) in [6.45, 7) is 9.54. The Morgan fingerprint density at radius 3 is 2.05 bits per heavy atom. The summed E-state index contributed by atoms with van der Waals surface area (Å²) in [5.74, 6) is 0. The molecule has 0 spiro atoms. The Labute approximate surface area is 127 Å². The molecule has 0 atom stereocenters. The number of hydrogen-bond donors (Lipinski definition) is 0. The number of hydrogen-bond acceptors (Lipinski definition) is 3. The number of sulfonamides is 1. The van der Waals surface area contributed by atoms with E-state index in [9.17, 15) is 8.42 Å². The SMILES string of the molecule is C/C(=N\[N-]S(=O)(=O)c1ccc(C)cc1)C(C)(C)C.[Li+]. The molecule has 0 radical (unpaired) electrons. The summed E-state index contributed by atoms with van der Waals surface area (Å²) in [7, 11) is -3.69. The standard InChI is InChI=1S/C13H19N2O2S.Li/c1-10-6-8-12(9-7-10)18(16,17)15-14-11(2)13(3,4)5;/h6-9H,1-5H3;/q-1;+1/b14-11+;. The Morgan fingerprint density at radius 2 is 1.63 bits per heavy atom. The first-order valence-electron chi connectivity index (χ1n) is 5.72. The first-order chi connectivity index (χ1) is 8.13. The molecule has 0 saturated heterocycles. The van der Waals surface area contributed by atoms with Gasteiger partial charge >= 0.3 is 18.9 Å². The predicted molar refractivity (Wildman–Crippen MR) is 74.3 cm³/mol. The molecule has 0 fully saturated rings. The summed E-state index contributed by atoms with van der Waals surface area (Å²) in [4.78, 5) is 3.65. The number of aryl methyl sites for hydroxylation is 1. The van der Waals surface area contributed by atoms with Crippen molar-refractivity contribution in [1.29, 1.82) is 0 Å². The summed E-state index contributed by atoms with van der Waals surface area (Å²) in [5.41, 5.74) is 1.49. The van der Waals surface area contributed by atoms with Crippen molar-refractivity contribution in [3.63, 3.8) is 0 Å². The van der Waals surface area contributed by atoms with Gasteiger partial charge in [0.05, 0.1) is 4.90 Å². The third-order valence-corrected chi connectivity index (χ3v) is 3.87. The van der Waals surface area contributed by atoms with Crippen LogP contribution in [0.5, 0.6) is 0 Å². The van der Waals surface area contributed by atoms with Crippen LogP contribution in [0.25, 0.3) is 4.83 Å². The summed E-state index contributed by atoms with van der Waals surface area (Å²) < 4.78 is 23.8.